The highest BCUT2D eigenvalue weighted by Gasteiger charge is 2.37. The van der Waals surface area contributed by atoms with Gasteiger partial charge in [-0.05, 0) is 29.3 Å². The second-order valence-electron chi connectivity index (χ2n) is 4.95. The van der Waals surface area contributed by atoms with Crippen molar-refractivity contribution >= 4 is 18.4 Å². The number of hydrogen-bond acceptors (Lipinski definition) is 3. The zero-order chi connectivity index (χ0) is 14.2. The molecule has 0 N–H and O–H groups in total. The molecule has 0 radical (unpaired) electrons. The monoisotopic (exact) mass is 276 g/mol. The molecule has 0 fully saturated rings. The van der Waals surface area contributed by atoms with Crippen molar-refractivity contribution in [2.24, 2.45) is 5.10 Å². The maximum atomic E-state index is 12.3. The quantitative estimate of drug-likeness (QED) is 0.798. The van der Waals surface area contributed by atoms with E-state index in [4.69, 9.17) is 4.74 Å². The molecule has 1 heterocycles. The molecule has 4 rings (SSSR count). The standard InChI is InChI=1S/C17H12N2O2/c20-17(21-14-7-2-1-3-8-14)19-16-13(11-18-19)10-12-6-4-5-9-15(12)16/h1-11,16H. The maximum Gasteiger partial charge on any atom is 0.436 e. The molecule has 1 amide bonds. The Hall–Kier alpha value is -2.88. The van der Waals surface area contributed by atoms with Gasteiger partial charge < -0.3 is 4.74 Å². The lowest BCUT2D eigenvalue weighted by Crippen LogP contribution is -2.29. The third-order valence-electron chi connectivity index (χ3n) is 3.64. The fourth-order valence-electron chi connectivity index (χ4n) is 2.69. The molecule has 21 heavy (non-hydrogen) atoms. The molecule has 1 atom stereocenters. The summed E-state index contributed by atoms with van der Waals surface area (Å²) in [5.41, 5.74) is 3.22. The van der Waals surface area contributed by atoms with Crippen molar-refractivity contribution in [3.8, 4) is 5.75 Å². The van der Waals surface area contributed by atoms with Gasteiger partial charge in [-0.2, -0.15) is 10.1 Å². The summed E-state index contributed by atoms with van der Waals surface area (Å²) in [6, 6.07) is 16.9. The Balaban J connectivity index is 1.61. The number of hydrogen-bond donors (Lipinski definition) is 0. The summed E-state index contributed by atoms with van der Waals surface area (Å²) in [5, 5.41) is 5.57. The van der Waals surface area contributed by atoms with E-state index in [9.17, 15) is 4.79 Å². The number of rotatable bonds is 1. The van der Waals surface area contributed by atoms with Crippen LogP contribution in [0, 0.1) is 0 Å². The van der Waals surface area contributed by atoms with Crippen molar-refractivity contribution in [2.45, 2.75) is 6.04 Å². The average molecular weight is 276 g/mol. The lowest BCUT2D eigenvalue weighted by Gasteiger charge is -2.20. The third kappa shape index (κ3) is 1.92. The van der Waals surface area contributed by atoms with Crippen LogP contribution < -0.4 is 4.74 Å². The maximum absolute atomic E-state index is 12.3. The van der Waals surface area contributed by atoms with Gasteiger partial charge in [0.25, 0.3) is 0 Å². The van der Waals surface area contributed by atoms with Crippen molar-refractivity contribution in [3.63, 3.8) is 0 Å². The predicted octanol–water partition coefficient (Wildman–Crippen LogP) is 3.63. The summed E-state index contributed by atoms with van der Waals surface area (Å²) >= 11 is 0. The first kappa shape index (κ1) is 11.9. The molecule has 0 spiro atoms. The van der Waals surface area contributed by atoms with Crippen LogP contribution in [-0.2, 0) is 0 Å². The van der Waals surface area contributed by atoms with E-state index in [1.165, 1.54) is 5.01 Å². The molecule has 1 aliphatic heterocycles. The molecule has 2 aromatic rings. The SMILES string of the molecule is O=C(Oc1ccccc1)N1N=CC2=Cc3ccccc3C21. The van der Waals surface area contributed by atoms with Crippen LogP contribution in [0.1, 0.15) is 17.2 Å². The summed E-state index contributed by atoms with van der Waals surface area (Å²) in [5.74, 6) is 0.515. The molecule has 0 saturated heterocycles. The molecule has 2 aliphatic rings. The van der Waals surface area contributed by atoms with Gasteiger partial charge in [-0.1, -0.05) is 42.5 Å². The minimum Gasteiger partial charge on any atom is -0.409 e. The molecule has 2 aromatic carbocycles. The van der Waals surface area contributed by atoms with Crippen LogP contribution in [0.15, 0.2) is 65.3 Å². The Bertz CT molecular complexity index is 765. The fraction of sp³-hybridized carbons (Fsp3) is 0.0588. The number of carbonyl (C=O) groups is 1. The Kier molecular flexibility index (Phi) is 2.60. The van der Waals surface area contributed by atoms with Crippen LogP contribution in [0.3, 0.4) is 0 Å². The predicted molar refractivity (Wildman–Crippen MR) is 80.0 cm³/mol. The lowest BCUT2D eigenvalue weighted by molar-refractivity contribution is 0.146. The normalized spacial score (nSPS) is 18.2. The molecule has 1 unspecified atom stereocenters. The summed E-state index contributed by atoms with van der Waals surface area (Å²) < 4.78 is 5.37. The van der Waals surface area contributed by atoms with E-state index in [1.807, 2.05) is 42.5 Å². The van der Waals surface area contributed by atoms with Gasteiger partial charge in [0.05, 0.1) is 6.21 Å². The number of fused-ring (bicyclic) bond motifs is 3. The largest absolute Gasteiger partial charge is 0.436 e. The van der Waals surface area contributed by atoms with Crippen LogP contribution >= 0.6 is 0 Å². The Morgan fingerprint density at radius 3 is 2.67 bits per heavy atom. The van der Waals surface area contributed by atoms with Gasteiger partial charge in [0.15, 0.2) is 0 Å². The van der Waals surface area contributed by atoms with Crippen LogP contribution in [0.5, 0.6) is 5.75 Å². The van der Waals surface area contributed by atoms with Crippen LogP contribution in [0.4, 0.5) is 4.79 Å². The summed E-state index contributed by atoms with van der Waals surface area (Å²) in [7, 11) is 0. The number of ether oxygens (including phenoxy) is 1. The topological polar surface area (TPSA) is 41.9 Å². The lowest BCUT2D eigenvalue weighted by atomic mass is 10.1. The Morgan fingerprint density at radius 2 is 1.81 bits per heavy atom. The Morgan fingerprint density at radius 1 is 1.05 bits per heavy atom. The average Bonchev–Trinajstić information content (AvgIpc) is 3.07. The van der Waals surface area contributed by atoms with Gasteiger partial charge in [-0.15, -0.1) is 0 Å². The highest BCUT2D eigenvalue weighted by Crippen LogP contribution is 2.41. The van der Waals surface area contributed by atoms with Gasteiger partial charge in [0, 0.05) is 5.57 Å². The molecular formula is C17H12N2O2. The number of nitrogens with zero attached hydrogens (tertiary/aromatic N) is 2. The second-order valence-corrected chi connectivity index (χ2v) is 4.95. The zero-order valence-electron chi connectivity index (χ0n) is 11.1. The molecule has 4 heteroatoms. The van der Waals surface area contributed by atoms with E-state index in [2.05, 4.69) is 11.2 Å². The number of amides is 1. The van der Waals surface area contributed by atoms with Gasteiger partial charge in [0.1, 0.15) is 11.8 Å². The second kappa shape index (κ2) is 4.59. The van der Waals surface area contributed by atoms with Crippen LogP contribution in [0.25, 0.3) is 6.08 Å². The van der Waals surface area contributed by atoms with Crippen molar-refractivity contribution in [3.05, 3.63) is 71.3 Å². The van der Waals surface area contributed by atoms with Crippen molar-refractivity contribution in [1.82, 2.24) is 5.01 Å². The van der Waals surface area contributed by atoms with Crippen molar-refractivity contribution in [2.75, 3.05) is 0 Å². The minimum absolute atomic E-state index is 0.169. The summed E-state index contributed by atoms with van der Waals surface area (Å²) in [6.45, 7) is 0. The molecule has 0 aromatic heterocycles. The number of carbonyl (C=O) groups excluding carboxylic acids is 1. The molecule has 102 valence electrons. The van der Waals surface area contributed by atoms with Crippen molar-refractivity contribution < 1.29 is 9.53 Å². The smallest absolute Gasteiger partial charge is 0.409 e. The molecule has 0 saturated carbocycles. The number of para-hydroxylation sites is 1. The van der Waals surface area contributed by atoms with E-state index in [0.717, 1.165) is 16.7 Å². The van der Waals surface area contributed by atoms with E-state index < -0.39 is 6.09 Å². The van der Waals surface area contributed by atoms with Crippen LogP contribution in [-0.4, -0.2) is 17.3 Å². The van der Waals surface area contributed by atoms with Gasteiger partial charge >= 0.3 is 6.09 Å². The minimum atomic E-state index is -0.470. The third-order valence-corrected chi connectivity index (χ3v) is 3.64. The first-order valence-corrected chi connectivity index (χ1v) is 6.73. The zero-order valence-corrected chi connectivity index (χ0v) is 11.1. The van der Waals surface area contributed by atoms with E-state index in [-0.39, 0.29) is 6.04 Å². The van der Waals surface area contributed by atoms with Gasteiger partial charge in [-0.3, -0.25) is 0 Å². The molecule has 4 nitrogen and oxygen atoms in total. The first-order chi connectivity index (χ1) is 10.3. The van der Waals surface area contributed by atoms with Crippen molar-refractivity contribution in [1.29, 1.82) is 0 Å². The first-order valence-electron chi connectivity index (χ1n) is 6.73. The van der Waals surface area contributed by atoms with E-state index in [1.54, 1.807) is 18.3 Å². The fourth-order valence-corrected chi connectivity index (χ4v) is 2.69. The highest BCUT2D eigenvalue weighted by molar-refractivity contribution is 5.95. The van der Waals surface area contributed by atoms with E-state index in [0.29, 0.717) is 5.75 Å². The molecular weight excluding hydrogens is 264 g/mol. The highest BCUT2D eigenvalue weighted by atomic mass is 16.6. The summed E-state index contributed by atoms with van der Waals surface area (Å²) in [4.78, 5) is 12.3. The molecule has 0 bridgehead atoms. The van der Waals surface area contributed by atoms with E-state index >= 15 is 0 Å². The van der Waals surface area contributed by atoms with Gasteiger partial charge in [0.2, 0.25) is 0 Å². The summed E-state index contributed by atoms with van der Waals surface area (Å²) in [6.07, 6.45) is 3.30. The number of hydrazone groups is 1. The Labute approximate surface area is 122 Å². The molecule has 1 aliphatic carbocycles. The van der Waals surface area contributed by atoms with Gasteiger partial charge in [-0.25, -0.2) is 4.79 Å². The number of benzene rings is 2. The van der Waals surface area contributed by atoms with Crippen LogP contribution in [0.2, 0.25) is 0 Å².